The Morgan fingerprint density at radius 1 is 1.00 bits per heavy atom. The van der Waals surface area contributed by atoms with Gasteiger partial charge in [-0.15, -0.1) is 0 Å². The van der Waals surface area contributed by atoms with Gasteiger partial charge in [0, 0.05) is 13.2 Å². The lowest BCUT2D eigenvalue weighted by atomic mass is 10.5. The lowest BCUT2D eigenvalue weighted by Crippen LogP contribution is -2.55. The molecule has 0 N–H and O–H groups in total. The molecule has 93 valence electrons. The molecule has 0 spiro atoms. The Bertz CT molecular complexity index is 205. The van der Waals surface area contributed by atoms with Crippen LogP contribution in [0.15, 0.2) is 0 Å². The van der Waals surface area contributed by atoms with E-state index in [1.807, 2.05) is 26.2 Å². The molecule has 1 saturated heterocycles. The van der Waals surface area contributed by atoms with Crippen LogP contribution in [0.3, 0.4) is 0 Å². The zero-order valence-electron chi connectivity index (χ0n) is 10.5. The molecule has 16 heavy (non-hydrogen) atoms. The summed E-state index contributed by atoms with van der Waals surface area (Å²) in [5.74, 6) is 0. The molecule has 0 unspecified atom stereocenters. The highest BCUT2D eigenvalue weighted by Gasteiger charge is 2.43. The molecule has 1 aliphatic heterocycles. The fraction of sp³-hybridized carbons (Fsp3) is 1.00. The first kappa shape index (κ1) is 14.7. The molecule has 1 fully saturated rings. The van der Waals surface area contributed by atoms with Crippen molar-refractivity contribution in [2.24, 2.45) is 0 Å². The molecule has 0 aliphatic carbocycles. The molecular weight excluding hydrogens is 276 g/mol. The molecule has 1 aliphatic rings. The van der Waals surface area contributed by atoms with E-state index in [0.717, 1.165) is 6.42 Å². The second-order valence-electron chi connectivity index (χ2n) is 3.59. The molecule has 9 heteroatoms. The van der Waals surface area contributed by atoms with Crippen molar-refractivity contribution in [3.63, 3.8) is 0 Å². The van der Waals surface area contributed by atoms with Crippen molar-refractivity contribution in [3.05, 3.63) is 0 Å². The summed E-state index contributed by atoms with van der Waals surface area (Å²) in [5.41, 5.74) is 0. The van der Waals surface area contributed by atoms with Crippen molar-refractivity contribution in [1.82, 2.24) is 0 Å². The summed E-state index contributed by atoms with van der Waals surface area (Å²) in [4.78, 5) is 0. The Labute approximate surface area is 104 Å². The first-order valence-electron chi connectivity index (χ1n) is 5.33. The van der Waals surface area contributed by atoms with E-state index in [1.54, 1.807) is 0 Å². The fourth-order valence-corrected chi connectivity index (χ4v) is 12.0. The van der Waals surface area contributed by atoms with Crippen LogP contribution in [0.1, 0.15) is 13.3 Å². The minimum Gasteiger partial charge on any atom is -0.414 e. The van der Waals surface area contributed by atoms with E-state index < -0.39 is 36.7 Å². The third kappa shape index (κ3) is 4.89. The molecule has 0 aromatic heterocycles. The summed E-state index contributed by atoms with van der Waals surface area (Å²) in [7, 11) is -6.37. The van der Waals surface area contributed by atoms with Crippen molar-refractivity contribution in [3.8, 4) is 0 Å². The third-order valence-corrected chi connectivity index (χ3v) is 12.4. The minimum absolute atomic E-state index is 0.664. The van der Waals surface area contributed by atoms with E-state index in [4.69, 9.17) is 20.9 Å². The van der Waals surface area contributed by atoms with Gasteiger partial charge in [-0.3, -0.25) is 0 Å². The van der Waals surface area contributed by atoms with Crippen molar-refractivity contribution in [1.29, 1.82) is 0 Å². The van der Waals surface area contributed by atoms with Crippen LogP contribution in [-0.2, 0) is 20.9 Å². The van der Waals surface area contributed by atoms with Crippen LogP contribution in [0.5, 0.6) is 0 Å². The van der Waals surface area contributed by atoms with Crippen molar-refractivity contribution in [2.45, 2.75) is 39.5 Å². The molecule has 0 atom stereocenters. The number of hydrogen-bond donors (Lipinski definition) is 0. The summed E-state index contributed by atoms with van der Waals surface area (Å²) in [6.45, 7) is 10.5. The molecule has 3 radical (unpaired) electrons. The summed E-state index contributed by atoms with van der Waals surface area (Å²) >= 11 is 0. The number of rotatable bonds is 3. The topological polar surface area (TPSA) is 46.2 Å². The summed E-state index contributed by atoms with van der Waals surface area (Å²) < 4.78 is 28.9. The highest BCUT2D eigenvalue weighted by molar-refractivity contribution is 6.77. The second kappa shape index (κ2) is 6.56. The van der Waals surface area contributed by atoms with E-state index in [0.29, 0.717) is 6.61 Å². The largest absolute Gasteiger partial charge is 0.479 e. The van der Waals surface area contributed by atoms with Gasteiger partial charge in [0.05, 0.1) is 0 Å². The fourth-order valence-electron chi connectivity index (χ4n) is 1.36. The number of hydrogen-bond acceptors (Lipinski definition) is 5. The average molecular weight is 296 g/mol. The molecule has 5 nitrogen and oxygen atoms in total. The van der Waals surface area contributed by atoms with Gasteiger partial charge >= 0.3 is 36.7 Å². The maximum Gasteiger partial charge on any atom is 0.479 e. The predicted octanol–water partition coefficient (Wildman–Crippen LogP) is 1.42. The Morgan fingerprint density at radius 3 is 1.94 bits per heavy atom. The molecule has 0 amide bonds. The molecule has 0 aromatic carbocycles. The van der Waals surface area contributed by atoms with E-state index in [-0.39, 0.29) is 0 Å². The first-order chi connectivity index (χ1) is 7.45. The maximum absolute atomic E-state index is 5.87. The highest BCUT2D eigenvalue weighted by Crippen LogP contribution is 2.17. The Balaban J connectivity index is 2.61. The molecule has 0 aromatic rings. The van der Waals surface area contributed by atoms with Gasteiger partial charge in [0.15, 0.2) is 0 Å². The minimum atomic E-state index is -2.54. The maximum atomic E-state index is 5.87. The average Bonchev–Trinajstić information content (AvgIpc) is 2.11. The SMILES string of the molecule is CCCO[Si]1(C)O[Si](C)O[Si](C)O[Si](C)O1. The van der Waals surface area contributed by atoms with Gasteiger partial charge in [-0.25, -0.2) is 0 Å². The van der Waals surface area contributed by atoms with E-state index in [2.05, 4.69) is 6.92 Å². The van der Waals surface area contributed by atoms with Crippen molar-refractivity contribution in [2.75, 3.05) is 6.61 Å². The van der Waals surface area contributed by atoms with Gasteiger partial charge in [0.25, 0.3) is 0 Å². The summed E-state index contributed by atoms with van der Waals surface area (Å²) in [6, 6.07) is 0. The zero-order valence-corrected chi connectivity index (χ0v) is 14.5. The van der Waals surface area contributed by atoms with E-state index in [1.165, 1.54) is 0 Å². The standard InChI is InChI=1S/C7H19O5Si4/c1-6-7-8-16(5)11-14(3)9-13(2)10-15(4)12-16/h6-7H2,1-5H3. The first-order valence-corrected chi connectivity index (χ1v) is 13.0. The van der Waals surface area contributed by atoms with Crippen LogP contribution in [0.4, 0.5) is 0 Å². The third-order valence-electron chi connectivity index (χ3n) is 1.80. The van der Waals surface area contributed by atoms with Crippen LogP contribution in [0.2, 0.25) is 26.2 Å². The van der Waals surface area contributed by atoms with Gasteiger partial charge < -0.3 is 20.9 Å². The quantitative estimate of drug-likeness (QED) is 0.737. The van der Waals surface area contributed by atoms with Gasteiger partial charge in [-0.05, 0) is 26.1 Å². The predicted molar refractivity (Wildman–Crippen MR) is 67.1 cm³/mol. The highest BCUT2D eigenvalue weighted by atomic mass is 28.5. The van der Waals surface area contributed by atoms with Crippen LogP contribution < -0.4 is 0 Å². The lowest BCUT2D eigenvalue weighted by Gasteiger charge is -2.34. The second-order valence-corrected chi connectivity index (χ2v) is 11.8. The van der Waals surface area contributed by atoms with E-state index in [9.17, 15) is 0 Å². The van der Waals surface area contributed by atoms with Crippen LogP contribution >= 0.6 is 0 Å². The van der Waals surface area contributed by atoms with Gasteiger partial charge in [-0.2, -0.15) is 0 Å². The Morgan fingerprint density at radius 2 is 1.50 bits per heavy atom. The van der Waals surface area contributed by atoms with Crippen LogP contribution in [0, 0.1) is 0 Å². The monoisotopic (exact) mass is 295 g/mol. The van der Waals surface area contributed by atoms with Crippen molar-refractivity contribution < 1.29 is 20.9 Å². The molecule has 0 saturated carbocycles. The lowest BCUT2D eigenvalue weighted by molar-refractivity contribution is 0.145. The van der Waals surface area contributed by atoms with Crippen molar-refractivity contribution >= 4 is 36.7 Å². The molecule has 0 bridgehead atoms. The Kier molecular flexibility index (Phi) is 6.04. The normalized spacial score (nSPS) is 25.3. The van der Waals surface area contributed by atoms with Gasteiger partial charge in [0.2, 0.25) is 0 Å². The van der Waals surface area contributed by atoms with E-state index >= 15 is 0 Å². The Hall–Kier alpha value is 0.668. The van der Waals surface area contributed by atoms with Gasteiger partial charge in [-0.1, -0.05) is 6.92 Å². The van der Waals surface area contributed by atoms with Crippen LogP contribution in [0.25, 0.3) is 0 Å². The van der Waals surface area contributed by atoms with Gasteiger partial charge in [0.1, 0.15) is 0 Å². The summed E-state index contributed by atoms with van der Waals surface area (Å²) in [5, 5.41) is 0. The zero-order chi connectivity index (χ0) is 12.2. The smallest absolute Gasteiger partial charge is 0.414 e. The molecule has 1 rings (SSSR count). The van der Waals surface area contributed by atoms with Crippen LogP contribution in [-0.4, -0.2) is 43.3 Å². The molecular formula is C7H19O5Si4. The summed E-state index contributed by atoms with van der Waals surface area (Å²) in [6.07, 6.45) is 0.956. The molecule has 1 heterocycles.